The second kappa shape index (κ2) is 3.02. The lowest BCUT2D eigenvalue weighted by molar-refractivity contribution is 0.0558. The Hall–Kier alpha value is -2.04. The van der Waals surface area contributed by atoms with Gasteiger partial charge in [-0.3, -0.25) is 0 Å². The number of phenols is 1. The fraction of sp³-hybridized carbons (Fsp3) is 0.111. The van der Waals surface area contributed by atoms with Crippen LogP contribution in [-0.2, 0) is 4.74 Å². The molecule has 0 amide bonds. The Morgan fingerprint density at radius 1 is 1.57 bits per heavy atom. The molecule has 1 heterocycles. The molecule has 5 heteroatoms. The van der Waals surface area contributed by atoms with E-state index in [1.807, 2.05) is 0 Å². The Kier molecular flexibility index (Phi) is 1.85. The van der Waals surface area contributed by atoms with Crippen molar-refractivity contribution in [3.05, 3.63) is 24.1 Å². The Morgan fingerprint density at radius 3 is 3.07 bits per heavy atom. The predicted molar refractivity (Wildman–Crippen MR) is 47.0 cm³/mol. The number of fused-ring (bicyclic) bond motifs is 1. The summed E-state index contributed by atoms with van der Waals surface area (Å²) < 4.78 is 9.49. The highest BCUT2D eigenvalue weighted by molar-refractivity contribution is 5.88. The maximum Gasteiger partial charge on any atom is 0.394 e. The standard InChI is InChI=1S/C9H7NO4/c1-13-9(12)8-10-6-3-2-5(11)4-7(6)14-8/h2-4,11H,1H3. The van der Waals surface area contributed by atoms with E-state index in [0.717, 1.165) is 0 Å². The normalized spacial score (nSPS) is 10.4. The van der Waals surface area contributed by atoms with Crippen LogP contribution in [-0.4, -0.2) is 23.2 Å². The van der Waals surface area contributed by atoms with Crippen molar-refractivity contribution in [1.82, 2.24) is 4.98 Å². The summed E-state index contributed by atoms with van der Waals surface area (Å²) >= 11 is 0. The van der Waals surface area contributed by atoms with Crippen LogP contribution in [0.2, 0.25) is 0 Å². The molecular weight excluding hydrogens is 186 g/mol. The Morgan fingerprint density at radius 2 is 2.36 bits per heavy atom. The number of phenolic OH excluding ortho intramolecular Hbond substituents is 1. The SMILES string of the molecule is COC(=O)c1nc2ccc(O)cc2o1. The van der Waals surface area contributed by atoms with Gasteiger partial charge in [-0.2, -0.15) is 0 Å². The lowest BCUT2D eigenvalue weighted by Gasteiger charge is -1.89. The lowest BCUT2D eigenvalue weighted by Crippen LogP contribution is -2.00. The molecule has 0 aliphatic rings. The highest BCUT2D eigenvalue weighted by Gasteiger charge is 2.14. The number of aromatic nitrogens is 1. The van der Waals surface area contributed by atoms with Crippen LogP contribution in [0.25, 0.3) is 11.1 Å². The molecular formula is C9H7NO4. The number of oxazole rings is 1. The molecule has 5 nitrogen and oxygen atoms in total. The summed E-state index contributed by atoms with van der Waals surface area (Å²) in [5, 5.41) is 9.13. The minimum atomic E-state index is -0.638. The topological polar surface area (TPSA) is 72.6 Å². The second-order valence-electron chi connectivity index (χ2n) is 2.66. The molecule has 0 unspecified atom stereocenters. The molecule has 0 saturated carbocycles. The third kappa shape index (κ3) is 1.28. The van der Waals surface area contributed by atoms with E-state index < -0.39 is 5.97 Å². The van der Waals surface area contributed by atoms with E-state index in [-0.39, 0.29) is 11.6 Å². The summed E-state index contributed by atoms with van der Waals surface area (Å²) in [6, 6.07) is 4.40. The number of esters is 1. The number of rotatable bonds is 1. The fourth-order valence-electron chi connectivity index (χ4n) is 1.09. The largest absolute Gasteiger partial charge is 0.508 e. The summed E-state index contributed by atoms with van der Waals surface area (Å²) in [5.41, 5.74) is 0.855. The molecule has 0 atom stereocenters. The number of hydrogen-bond acceptors (Lipinski definition) is 5. The van der Waals surface area contributed by atoms with Gasteiger partial charge in [-0.05, 0) is 12.1 Å². The van der Waals surface area contributed by atoms with E-state index in [1.165, 1.54) is 19.2 Å². The van der Waals surface area contributed by atoms with Crippen LogP contribution in [0.4, 0.5) is 0 Å². The average Bonchev–Trinajstić information content (AvgIpc) is 2.59. The molecule has 0 fully saturated rings. The van der Waals surface area contributed by atoms with Crippen LogP contribution in [0, 0.1) is 0 Å². The zero-order valence-corrected chi connectivity index (χ0v) is 7.35. The number of ether oxygens (including phenoxy) is 1. The van der Waals surface area contributed by atoms with E-state index >= 15 is 0 Å². The first-order chi connectivity index (χ1) is 6.70. The highest BCUT2D eigenvalue weighted by atomic mass is 16.5. The maximum absolute atomic E-state index is 11.0. The minimum Gasteiger partial charge on any atom is -0.508 e. The van der Waals surface area contributed by atoms with Gasteiger partial charge in [0.2, 0.25) is 0 Å². The van der Waals surface area contributed by atoms with Crippen LogP contribution in [0.15, 0.2) is 22.6 Å². The number of carbonyl (C=O) groups excluding carboxylic acids is 1. The van der Waals surface area contributed by atoms with Gasteiger partial charge in [-0.25, -0.2) is 9.78 Å². The van der Waals surface area contributed by atoms with E-state index in [0.29, 0.717) is 11.1 Å². The molecule has 14 heavy (non-hydrogen) atoms. The summed E-state index contributed by atoms with van der Waals surface area (Å²) in [6.07, 6.45) is 0. The molecule has 0 aliphatic carbocycles. The zero-order chi connectivity index (χ0) is 10.1. The van der Waals surface area contributed by atoms with Crippen LogP contribution in [0.1, 0.15) is 10.7 Å². The minimum absolute atomic E-state index is 0.0602. The van der Waals surface area contributed by atoms with Crippen molar-refractivity contribution in [1.29, 1.82) is 0 Å². The van der Waals surface area contributed by atoms with Crippen molar-refractivity contribution in [2.75, 3.05) is 7.11 Å². The number of aromatic hydroxyl groups is 1. The molecule has 2 rings (SSSR count). The van der Waals surface area contributed by atoms with Gasteiger partial charge in [-0.1, -0.05) is 0 Å². The number of carbonyl (C=O) groups is 1. The molecule has 1 N–H and O–H groups in total. The van der Waals surface area contributed by atoms with E-state index in [1.54, 1.807) is 6.07 Å². The molecule has 0 radical (unpaired) electrons. The monoisotopic (exact) mass is 193 g/mol. The van der Waals surface area contributed by atoms with Gasteiger partial charge >= 0.3 is 11.9 Å². The number of methoxy groups -OCH3 is 1. The van der Waals surface area contributed by atoms with E-state index in [9.17, 15) is 4.79 Å². The lowest BCUT2D eigenvalue weighted by atomic mass is 10.3. The van der Waals surface area contributed by atoms with Crippen molar-refractivity contribution in [3.8, 4) is 5.75 Å². The zero-order valence-electron chi connectivity index (χ0n) is 7.35. The van der Waals surface area contributed by atoms with Crippen molar-refractivity contribution in [2.45, 2.75) is 0 Å². The third-order valence-corrected chi connectivity index (χ3v) is 1.73. The van der Waals surface area contributed by atoms with E-state index in [4.69, 9.17) is 9.52 Å². The second-order valence-corrected chi connectivity index (χ2v) is 2.66. The van der Waals surface area contributed by atoms with Crippen LogP contribution >= 0.6 is 0 Å². The molecule has 0 saturated heterocycles. The average molecular weight is 193 g/mol. The molecule has 0 aliphatic heterocycles. The van der Waals surface area contributed by atoms with Gasteiger partial charge in [-0.15, -0.1) is 0 Å². The van der Waals surface area contributed by atoms with Crippen molar-refractivity contribution in [3.63, 3.8) is 0 Å². The van der Waals surface area contributed by atoms with E-state index in [2.05, 4.69) is 9.72 Å². The summed E-state index contributed by atoms with van der Waals surface area (Å²) in [4.78, 5) is 14.9. The maximum atomic E-state index is 11.0. The summed E-state index contributed by atoms with van der Waals surface area (Å²) in [7, 11) is 1.24. The Bertz CT molecular complexity index is 489. The van der Waals surface area contributed by atoms with Gasteiger partial charge in [0.1, 0.15) is 11.3 Å². The molecule has 2 aromatic rings. The van der Waals surface area contributed by atoms with Crippen LogP contribution in [0.5, 0.6) is 5.75 Å². The fourth-order valence-corrected chi connectivity index (χ4v) is 1.09. The van der Waals surface area contributed by atoms with Crippen molar-refractivity contribution in [2.24, 2.45) is 0 Å². The van der Waals surface area contributed by atoms with Gasteiger partial charge < -0.3 is 14.3 Å². The molecule has 0 bridgehead atoms. The van der Waals surface area contributed by atoms with Gasteiger partial charge in [0.15, 0.2) is 5.58 Å². The van der Waals surface area contributed by atoms with Gasteiger partial charge in [0, 0.05) is 6.07 Å². The van der Waals surface area contributed by atoms with Crippen molar-refractivity contribution >= 4 is 17.1 Å². The first-order valence-corrected chi connectivity index (χ1v) is 3.88. The number of nitrogens with zero attached hydrogens (tertiary/aromatic N) is 1. The van der Waals surface area contributed by atoms with Gasteiger partial charge in [0.05, 0.1) is 7.11 Å². The van der Waals surface area contributed by atoms with Crippen molar-refractivity contribution < 1.29 is 19.1 Å². The summed E-state index contributed by atoms with van der Waals surface area (Å²) in [5.74, 6) is -0.696. The molecule has 1 aromatic carbocycles. The smallest absolute Gasteiger partial charge is 0.394 e. The highest BCUT2D eigenvalue weighted by Crippen LogP contribution is 2.20. The summed E-state index contributed by atoms with van der Waals surface area (Å²) in [6.45, 7) is 0. The van der Waals surface area contributed by atoms with Crippen LogP contribution < -0.4 is 0 Å². The third-order valence-electron chi connectivity index (χ3n) is 1.73. The quantitative estimate of drug-likeness (QED) is 0.691. The Labute approximate surface area is 78.9 Å². The first-order valence-electron chi connectivity index (χ1n) is 3.88. The number of hydrogen-bond donors (Lipinski definition) is 1. The van der Waals surface area contributed by atoms with Crippen LogP contribution in [0.3, 0.4) is 0 Å². The first kappa shape index (κ1) is 8.55. The Balaban J connectivity index is 2.56. The van der Waals surface area contributed by atoms with Gasteiger partial charge in [0.25, 0.3) is 0 Å². The number of benzene rings is 1. The molecule has 72 valence electrons. The molecule has 1 aromatic heterocycles. The predicted octanol–water partition coefficient (Wildman–Crippen LogP) is 1.32. The molecule has 0 spiro atoms.